The van der Waals surface area contributed by atoms with E-state index in [2.05, 4.69) is 26.2 Å². The number of nitro benzene ring substituents is 1. The Bertz CT molecular complexity index is 3070. The largest absolute Gasteiger partial charge is 1.00 e. The summed E-state index contributed by atoms with van der Waals surface area (Å²) in [6.07, 6.45) is -0.0716. The number of imide groups is 3. The van der Waals surface area contributed by atoms with Crippen LogP contribution >= 0.6 is 46.4 Å². The number of benzene rings is 5. The van der Waals surface area contributed by atoms with Crippen LogP contribution in [-0.4, -0.2) is 124 Å². The van der Waals surface area contributed by atoms with Gasteiger partial charge in [0.2, 0.25) is 11.6 Å². The number of nitrogens with zero attached hydrogens (tertiary/aromatic N) is 4. The van der Waals surface area contributed by atoms with Gasteiger partial charge in [0.15, 0.2) is 28.9 Å². The van der Waals surface area contributed by atoms with Gasteiger partial charge in [-0.15, -0.1) is 5.06 Å². The van der Waals surface area contributed by atoms with Gasteiger partial charge in [-0.05, 0) is 56.7 Å². The van der Waals surface area contributed by atoms with Crippen molar-refractivity contribution in [2.45, 2.75) is 52.7 Å². The van der Waals surface area contributed by atoms with E-state index in [1.165, 1.54) is 40.1 Å². The SMILES string of the molecule is C.CON1C(=O)CC(S(=O)(=O)[O-])C1=O.CON1C(=O)CCC1=O.CON1C(=O)c2ccccc2C1=O.COc1c(Cl)c(Cl)c(C)c(Cl)c1Cl.COc1c(F)c(F)c(C)c(F)c1F.COc1ccc(C)cc1.COc1ccccc1[N+](=O)[O-].[Na+]. The van der Waals surface area contributed by atoms with Crippen LogP contribution < -0.4 is 48.5 Å². The molecule has 0 spiro atoms. The predicted molar refractivity (Wildman–Crippen MR) is 288 cm³/mol. The molecule has 0 bridgehead atoms. The molecular formula is C51H53Cl4F4N4NaO18S. The van der Waals surface area contributed by atoms with Crippen molar-refractivity contribution in [1.29, 1.82) is 0 Å². The van der Waals surface area contributed by atoms with Crippen LogP contribution in [0.3, 0.4) is 0 Å². The van der Waals surface area contributed by atoms with Crippen molar-refractivity contribution < 1.29 is 127 Å². The fourth-order valence-corrected chi connectivity index (χ4v) is 8.12. The van der Waals surface area contributed by atoms with Crippen molar-refractivity contribution in [1.82, 2.24) is 15.2 Å². The van der Waals surface area contributed by atoms with E-state index in [0.29, 0.717) is 32.5 Å². The van der Waals surface area contributed by atoms with Gasteiger partial charge in [-0.2, -0.15) is 18.9 Å². The van der Waals surface area contributed by atoms with Crippen molar-refractivity contribution in [3.63, 3.8) is 0 Å². The minimum absolute atomic E-state index is 0. The van der Waals surface area contributed by atoms with Crippen molar-refractivity contribution in [2.24, 2.45) is 0 Å². The first-order valence-corrected chi connectivity index (χ1v) is 25.3. The Balaban J connectivity index is 0.000000946. The summed E-state index contributed by atoms with van der Waals surface area (Å²) in [5.41, 5.74) is 2.00. The van der Waals surface area contributed by atoms with Crippen LogP contribution in [0.15, 0.2) is 72.8 Å². The molecule has 2 saturated heterocycles. The van der Waals surface area contributed by atoms with Gasteiger partial charge in [-0.3, -0.25) is 53.4 Å². The summed E-state index contributed by atoms with van der Waals surface area (Å²) in [5, 5.41) is 11.6. The molecular weight excluding hydrogens is 1230 g/mol. The molecule has 32 heteroatoms. The second-order valence-electron chi connectivity index (χ2n) is 15.6. The fourth-order valence-electron chi connectivity index (χ4n) is 6.35. The van der Waals surface area contributed by atoms with E-state index in [1.807, 2.05) is 24.3 Å². The van der Waals surface area contributed by atoms with Gasteiger partial charge in [0.25, 0.3) is 35.4 Å². The topological polar surface area (TPSA) is 277 Å². The molecule has 5 aromatic rings. The molecule has 1 unspecified atom stereocenters. The Kier molecular flexibility index (Phi) is 33.1. The van der Waals surface area contributed by atoms with E-state index in [-0.39, 0.29) is 88.2 Å². The molecule has 1 atom stereocenters. The summed E-state index contributed by atoms with van der Waals surface area (Å²) in [4.78, 5) is 89.1. The number of hydrogen-bond donors (Lipinski definition) is 0. The number of aryl methyl sites for hydroxylation is 1. The van der Waals surface area contributed by atoms with Gasteiger partial charge in [-0.1, -0.05) is 95.8 Å². The number of para-hydroxylation sites is 2. The molecule has 3 aliphatic heterocycles. The molecule has 3 aliphatic rings. The number of rotatable bonds is 9. The number of ether oxygens (including phenoxy) is 4. The molecule has 22 nitrogen and oxygen atoms in total. The third kappa shape index (κ3) is 20.2. The molecule has 0 aliphatic carbocycles. The molecule has 83 heavy (non-hydrogen) atoms. The second kappa shape index (κ2) is 35.8. The Hall–Kier alpha value is -6.21. The number of hydroxylamine groups is 6. The van der Waals surface area contributed by atoms with E-state index in [1.54, 1.807) is 56.5 Å². The minimum atomic E-state index is -4.77. The van der Waals surface area contributed by atoms with Crippen LogP contribution in [0.1, 0.15) is 64.1 Å². The number of halogens is 8. The normalized spacial score (nSPS) is 13.7. The Labute approximate surface area is 516 Å². The molecule has 8 rings (SSSR count). The fraction of sp³-hybridized carbons (Fsp3) is 0.294. The standard InChI is InChI=1S/C9H7NO3.C8H6Cl4O.C8H6F4O.C8H10O.C7H7NO3.C5H7NO6S.C5H7NO3.CH4.Na/c1-13-10-8(11)6-4-2-3-5-7(6)9(10)12;2*1-3-4(9)6(11)8(13-2)7(12)5(3)10;1-7-3-5-8(9-2)6-4-7;1-11-7-5-3-2-4-6(7)8(9)10;1-12-6-4(7)2-3(5(6)8)13(9,10)11;1-9-6-4(7)2-3-5(6)8;;/h2-5H,1H3;2*1-2H3;3-6H,1-2H3;2-5H,1H3;3H,2H2,1H3,(H,9,10,11);2-3H2,1H3;1H4;/q;;;;;;;;+1/p-1. The molecule has 448 valence electrons. The number of hydrogen-bond acceptors (Lipinski definition) is 18. The summed E-state index contributed by atoms with van der Waals surface area (Å²) in [6.45, 7) is 4.73. The van der Waals surface area contributed by atoms with Gasteiger partial charge < -0.3 is 23.5 Å². The van der Waals surface area contributed by atoms with Crippen LogP contribution in [0.4, 0.5) is 23.2 Å². The van der Waals surface area contributed by atoms with Crippen LogP contribution in [0.25, 0.3) is 0 Å². The summed E-state index contributed by atoms with van der Waals surface area (Å²) in [6, 6.07) is 20.8. The molecule has 0 radical (unpaired) electrons. The van der Waals surface area contributed by atoms with E-state index < -0.39 is 84.9 Å². The summed E-state index contributed by atoms with van der Waals surface area (Å²) >= 11 is 23.5. The van der Waals surface area contributed by atoms with Gasteiger partial charge in [0.1, 0.15) is 31.2 Å². The maximum atomic E-state index is 12.8. The van der Waals surface area contributed by atoms with Gasteiger partial charge in [-0.25, -0.2) is 17.2 Å². The van der Waals surface area contributed by atoms with Crippen LogP contribution in [-0.2, 0) is 43.8 Å². The molecule has 6 amide bonds. The first kappa shape index (κ1) is 76.8. The molecule has 5 aromatic carbocycles. The molecule has 2 fully saturated rings. The number of methoxy groups -OCH3 is 4. The monoisotopic (exact) mass is 1280 g/mol. The number of amides is 6. The third-order valence-corrected chi connectivity index (χ3v) is 13.5. The van der Waals surface area contributed by atoms with E-state index >= 15 is 0 Å². The van der Waals surface area contributed by atoms with Crippen molar-refractivity contribution >= 4 is 97.7 Å². The Morgan fingerprint density at radius 1 is 0.554 bits per heavy atom. The number of carbonyl (C=O) groups excluding carboxylic acids is 6. The van der Waals surface area contributed by atoms with Gasteiger partial charge >= 0.3 is 35.2 Å². The maximum absolute atomic E-state index is 12.8. The Morgan fingerprint density at radius 2 is 0.976 bits per heavy atom. The van der Waals surface area contributed by atoms with Crippen molar-refractivity contribution in [3.05, 3.63) is 154 Å². The first-order chi connectivity index (χ1) is 38.0. The smallest absolute Gasteiger partial charge is 0.747 e. The summed E-state index contributed by atoms with van der Waals surface area (Å²) in [7, 11) is 4.32. The summed E-state index contributed by atoms with van der Waals surface area (Å²) < 4.78 is 101. The zero-order chi connectivity index (χ0) is 61.8. The van der Waals surface area contributed by atoms with E-state index in [4.69, 9.17) is 60.6 Å². The summed E-state index contributed by atoms with van der Waals surface area (Å²) in [5.74, 6) is -8.66. The predicted octanol–water partition coefficient (Wildman–Crippen LogP) is 7.19. The second-order valence-corrected chi connectivity index (χ2v) is 18.6. The first-order valence-electron chi connectivity index (χ1n) is 22.4. The number of nitro groups is 1. The molecule has 0 aromatic heterocycles. The minimum Gasteiger partial charge on any atom is -0.747 e. The third-order valence-electron chi connectivity index (χ3n) is 10.6. The number of carbonyl (C=O) groups is 6. The average Bonchev–Trinajstić information content (AvgIpc) is 4.04. The molecule has 0 N–H and O–H groups in total. The van der Waals surface area contributed by atoms with Crippen LogP contribution in [0.2, 0.25) is 20.1 Å². The maximum Gasteiger partial charge on any atom is 1.00 e. The van der Waals surface area contributed by atoms with E-state index in [0.717, 1.165) is 37.0 Å². The number of fused-ring (bicyclic) bond motifs is 1. The zero-order valence-corrected chi connectivity index (χ0v) is 51.0. The van der Waals surface area contributed by atoms with Crippen LogP contribution in [0, 0.1) is 54.2 Å². The quantitative estimate of drug-likeness (QED) is 0.0268. The Morgan fingerprint density at radius 3 is 1.30 bits per heavy atom. The molecule has 0 saturated carbocycles. The van der Waals surface area contributed by atoms with Crippen molar-refractivity contribution in [2.75, 3.05) is 49.8 Å². The zero-order valence-electron chi connectivity index (χ0n) is 45.2. The van der Waals surface area contributed by atoms with Crippen LogP contribution in [0.5, 0.6) is 23.0 Å². The van der Waals surface area contributed by atoms with Crippen molar-refractivity contribution in [3.8, 4) is 23.0 Å². The van der Waals surface area contributed by atoms with E-state index in [9.17, 15) is 69.4 Å². The average molecular weight is 1280 g/mol. The van der Waals surface area contributed by atoms with Gasteiger partial charge in [0.05, 0.1) is 82.3 Å². The molecule has 3 heterocycles. The van der Waals surface area contributed by atoms with Gasteiger partial charge in [0, 0.05) is 24.5 Å².